The number of hydrogen-bond donors (Lipinski definition) is 1. The Balaban J connectivity index is 2.40. The van der Waals surface area contributed by atoms with Crippen molar-refractivity contribution in [1.29, 1.82) is 0 Å². The van der Waals surface area contributed by atoms with Gasteiger partial charge in [-0.25, -0.2) is 0 Å². The number of fused-ring (bicyclic) bond motifs is 2. The van der Waals surface area contributed by atoms with E-state index in [4.69, 9.17) is 0 Å². The molecule has 0 radical (unpaired) electrons. The summed E-state index contributed by atoms with van der Waals surface area (Å²) in [6, 6.07) is 0. The molecular formula is C12H16O2. The van der Waals surface area contributed by atoms with Gasteiger partial charge < -0.3 is 5.11 Å². The van der Waals surface area contributed by atoms with Crippen molar-refractivity contribution in [2.75, 3.05) is 0 Å². The third-order valence-electron chi connectivity index (χ3n) is 3.34. The van der Waals surface area contributed by atoms with Crippen molar-refractivity contribution in [2.24, 2.45) is 5.92 Å². The van der Waals surface area contributed by atoms with Crippen molar-refractivity contribution in [3.8, 4) is 0 Å². The lowest BCUT2D eigenvalue weighted by molar-refractivity contribution is -0.142. The molecule has 2 aliphatic rings. The van der Waals surface area contributed by atoms with E-state index in [1.807, 2.05) is 6.92 Å². The normalized spacial score (nSPS) is 36.6. The van der Waals surface area contributed by atoms with Gasteiger partial charge in [0.25, 0.3) is 0 Å². The SMILES string of the molecule is C=C(C)C1=CC2(O)CCCC(C1)C2=O. The number of rotatable bonds is 1. The summed E-state index contributed by atoms with van der Waals surface area (Å²) in [6.07, 6.45) is 4.96. The van der Waals surface area contributed by atoms with Crippen molar-refractivity contribution in [3.05, 3.63) is 23.8 Å². The number of carbonyl (C=O) groups excluding carboxylic acids is 1. The zero-order valence-electron chi connectivity index (χ0n) is 8.55. The minimum Gasteiger partial charge on any atom is -0.378 e. The Hall–Kier alpha value is -0.890. The fourth-order valence-electron chi connectivity index (χ4n) is 2.47. The second kappa shape index (κ2) is 3.06. The fraction of sp³-hybridized carbons (Fsp3) is 0.583. The predicted octanol–water partition coefficient (Wildman–Crippen LogP) is 1.99. The molecule has 1 fully saturated rings. The van der Waals surface area contributed by atoms with E-state index < -0.39 is 5.60 Å². The highest BCUT2D eigenvalue weighted by Crippen LogP contribution is 2.40. The van der Waals surface area contributed by atoms with Crippen LogP contribution < -0.4 is 0 Å². The Kier molecular flexibility index (Phi) is 2.11. The molecule has 1 saturated carbocycles. The molecule has 0 aromatic heterocycles. The van der Waals surface area contributed by atoms with E-state index in [0.29, 0.717) is 6.42 Å². The average Bonchev–Trinajstić information content (AvgIpc) is 2.07. The van der Waals surface area contributed by atoms with E-state index in [1.165, 1.54) is 0 Å². The van der Waals surface area contributed by atoms with Gasteiger partial charge in [0, 0.05) is 5.92 Å². The van der Waals surface area contributed by atoms with E-state index in [2.05, 4.69) is 6.58 Å². The molecule has 2 heteroatoms. The first kappa shape index (κ1) is 9.66. The van der Waals surface area contributed by atoms with E-state index in [1.54, 1.807) is 6.08 Å². The lowest BCUT2D eigenvalue weighted by Crippen LogP contribution is -2.47. The summed E-state index contributed by atoms with van der Waals surface area (Å²) in [6.45, 7) is 5.80. The zero-order valence-corrected chi connectivity index (χ0v) is 8.55. The highest BCUT2D eigenvalue weighted by molar-refractivity contribution is 5.93. The third kappa shape index (κ3) is 1.34. The molecule has 2 aliphatic carbocycles. The molecule has 0 heterocycles. The Morgan fingerprint density at radius 3 is 3.00 bits per heavy atom. The molecule has 2 unspecified atom stereocenters. The molecule has 2 atom stereocenters. The van der Waals surface area contributed by atoms with Gasteiger partial charge in [0.1, 0.15) is 5.60 Å². The zero-order chi connectivity index (χ0) is 10.3. The van der Waals surface area contributed by atoms with Crippen molar-refractivity contribution in [1.82, 2.24) is 0 Å². The summed E-state index contributed by atoms with van der Waals surface area (Å²) in [7, 11) is 0. The second-order valence-corrected chi connectivity index (χ2v) is 4.53. The predicted molar refractivity (Wildman–Crippen MR) is 54.8 cm³/mol. The van der Waals surface area contributed by atoms with E-state index in [0.717, 1.165) is 30.4 Å². The Bertz CT molecular complexity index is 327. The summed E-state index contributed by atoms with van der Waals surface area (Å²) in [4.78, 5) is 11.8. The molecule has 76 valence electrons. The molecule has 0 aromatic rings. The molecule has 0 aliphatic heterocycles. The molecule has 14 heavy (non-hydrogen) atoms. The van der Waals surface area contributed by atoms with Crippen LogP contribution in [0.5, 0.6) is 0 Å². The van der Waals surface area contributed by atoms with Crippen LogP contribution in [0.3, 0.4) is 0 Å². The van der Waals surface area contributed by atoms with E-state index >= 15 is 0 Å². The molecule has 2 rings (SSSR count). The Labute approximate surface area is 84.3 Å². The van der Waals surface area contributed by atoms with Gasteiger partial charge in [0.05, 0.1) is 0 Å². The summed E-state index contributed by atoms with van der Waals surface area (Å²) in [5.41, 5.74) is 0.870. The standard InChI is InChI=1S/C12H16O2/c1-8(2)10-6-9-4-3-5-12(14,7-10)11(9)13/h7,9,14H,1,3-6H2,2H3. The summed E-state index contributed by atoms with van der Waals surface area (Å²) < 4.78 is 0. The number of hydrogen-bond acceptors (Lipinski definition) is 2. The van der Waals surface area contributed by atoms with E-state index in [9.17, 15) is 9.90 Å². The smallest absolute Gasteiger partial charge is 0.171 e. The van der Waals surface area contributed by atoms with Gasteiger partial charge in [-0.3, -0.25) is 4.79 Å². The van der Waals surface area contributed by atoms with Crippen LogP contribution in [0.4, 0.5) is 0 Å². The van der Waals surface area contributed by atoms with Crippen LogP contribution in [0.1, 0.15) is 32.6 Å². The van der Waals surface area contributed by atoms with Crippen molar-refractivity contribution in [2.45, 2.75) is 38.2 Å². The summed E-state index contributed by atoms with van der Waals surface area (Å²) in [5, 5.41) is 10.1. The fourth-order valence-corrected chi connectivity index (χ4v) is 2.47. The summed E-state index contributed by atoms with van der Waals surface area (Å²) in [5.74, 6) is 0.0548. The van der Waals surface area contributed by atoms with Gasteiger partial charge in [0.15, 0.2) is 5.78 Å². The van der Waals surface area contributed by atoms with Crippen LogP contribution in [0.25, 0.3) is 0 Å². The lowest BCUT2D eigenvalue weighted by Gasteiger charge is -2.38. The maximum atomic E-state index is 11.8. The van der Waals surface area contributed by atoms with Crippen molar-refractivity contribution >= 4 is 5.78 Å². The number of aliphatic hydroxyl groups is 1. The first-order valence-electron chi connectivity index (χ1n) is 5.17. The van der Waals surface area contributed by atoms with Gasteiger partial charge in [-0.15, -0.1) is 0 Å². The monoisotopic (exact) mass is 192 g/mol. The number of ketones is 1. The molecule has 0 spiro atoms. The molecule has 2 nitrogen and oxygen atoms in total. The highest BCUT2D eigenvalue weighted by atomic mass is 16.3. The summed E-state index contributed by atoms with van der Waals surface area (Å²) >= 11 is 0. The largest absolute Gasteiger partial charge is 0.378 e. The third-order valence-corrected chi connectivity index (χ3v) is 3.34. The maximum absolute atomic E-state index is 11.8. The van der Waals surface area contributed by atoms with Crippen LogP contribution in [-0.4, -0.2) is 16.5 Å². The van der Waals surface area contributed by atoms with Crippen molar-refractivity contribution < 1.29 is 9.90 Å². The first-order valence-corrected chi connectivity index (χ1v) is 5.17. The second-order valence-electron chi connectivity index (χ2n) is 4.53. The molecule has 0 aromatic carbocycles. The van der Waals surface area contributed by atoms with Crippen LogP contribution in [0, 0.1) is 5.92 Å². The van der Waals surface area contributed by atoms with Crippen LogP contribution in [0.2, 0.25) is 0 Å². The number of allylic oxidation sites excluding steroid dienone is 2. The lowest BCUT2D eigenvalue weighted by atomic mass is 9.68. The van der Waals surface area contributed by atoms with Gasteiger partial charge in [0.2, 0.25) is 0 Å². The minimum absolute atomic E-state index is 0.0220. The average molecular weight is 192 g/mol. The van der Waals surface area contributed by atoms with Gasteiger partial charge in [-0.1, -0.05) is 12.2 Å². The van der Waals surface area contributed by atoms with Gasteiger partial charge in [-0.2, -0.15) is 0 Å². The Morgan fingerprint density at radius 2 is 2.43 bits per heavy atom. The molecule has 0 saturated heterocycles. The number of Topliss-reactive ketones (excluding diaryl/α,β-unsaturated/α-hetero) is 1. The first-order chi connectivity index (χ1) is 6.53. The molecule has 1 N–H and O–H groups in total. The quantitative estimate of drug-likeness (QED) is 0.690. The van der Waals surface area contributed by atoms with E-state index in [-0.39, 0.29) is 11.7 Å². The van der Waals surface area contributed by atoms with Crippen molar-refractivity contribution in [3.63, 3.8) is 0 Å². The van der Waals surface area contributed by atoms with Crippen LogP contribution in [0.15, 0.2) is 23.8 Å². The van der Waals surface area contributed by atoms with Crippen LogP contribution in [-0.2, 0) is 4.79 Å². The minimum atomic E-state index is -1.17. The Morgan fingerprint density at radius 1 is 1.71 bits per heavy atom. The van der Waals surface area contributed by atoms with Gasteiger partial charge >= 0.3 is 0 Å². The highest BCUT2D eigenvalue weighted by Gasteiger charge is 2.44. The molecule has 2 bridgehead atoms. The molecular weight excluding hydrogens is 176 g/mol. The molecule has 0 amide bonds. The maximum Gasteiger partial charge on any atom is 0.171 e. The number of carbonyl (C=O) groups is 1. The van der Waals surface area contributed by atoms with Gasteiger partial charge in [-0.05, 0) is 44.3 Å². The van der Waals surface area contributed by atoms with Crippen LogP contribution >= 0.6 is 0 Å². The topological polar surface area (TPSA) is 37.3 Å².